The Morgan fingerprint density at radius 3 is 2.44 bits per heavy atom. The smallest absolute Gasteiger partial charge is 0.0704 e. The van der Waals surface area contributed by atoms with Gasteiger partial charge in [-0.25, -0.2) is 0 Å². The van der Waals surface area contributed by atoms with Crippen LogP contribution in [0, 0.1) is 0 Å². The third kappa shape index (κ3) is 8.83. The number of hydrogen-bond donors (Lipinski definition) is 2. The molecule has 5 nitrogen and oxygen atoms in total. The van der Waals surface area contributed by atoms with E-state index in [1.54, 1.807) is 7.11 Å². The van der Waals surface area contributed by atoms with Crippen molar-refractivity contribution in [3.8, 4) is 0 Å². The Bertz CT molecular complexity index is 192. The SMILES string of the molecule is CCNC(C)(CO)CC(C)OCCOCCOC. The van der Waals surface area contributed by atoms with Crippen molar-refractivity contribution < 1.29 is 19.3 Å². The molecule has 0 radical (unpaired) electrons. The maximum absolute atomic E-state index is 9.38. The number of aliphatic hydroxyl groups is 1. The van der Waals surface area contributed by atoms with Crippen LogP contribution in [0.5, 0.6) is 0 Å². The first-order valence-electron chi connectivity index (χ1n) is 6.62. The fraction of sp³-hybridized carbons (Fsp3) is 1.00. The van der Waals surface area contributed by atoms with E-state index in [2.05, 4.69) is 5.32 Å². The molecular weight excluding hydrogens is 234 g/mol. The lowest BCUT2D eigenvalue weighted by Gasteiger charge is -2.31. The summed E-state index contributed by atoms with van der Waals surface area (Å²) in [4.78, 5) is 0. The van der Waals surface area contributed by atoms with Crippen molar-refractivity contribution in [3.63, 3.8) is 0 Å². The number of aliphatic hydroxyl groups excluding tert-OH is 1. The molecular formula is C13H29NO4. The Hall–Kier alpha value is -0.200. The monoisotopic (exact) mass is 263 g/mol. The van der Waals surface area contributed by atoms with Crippen LogP contribution >= 0.6 is 0 Å². The first kappa shape index (κ1) is 17.8. The van der Waals surface area contributed by atoms with Gasteiger partial charge in [-0.1, -0.05) is 6.92 Å². The normalized spacial score (nSPS) is 16.5. The number of ether oxygens (including phenoxy) is 3. The largest absolute Gasteiger partial charge is 0.394 e. The van der Waals surface area contributed by atoms with Crippen molar-refractivity contribution in [1.29, 1.82) is 0 Å². The minimum Gasteiger partial charge on any atom is -0.394 e. The van der Waals surface area contributed by atoms with Gasteiger partial charge in [0.2, 0.25) is 0 Å². The van der Waals surface area contributed by atoms with Crippen molar-refractivity contribution in [3.05, 3.63) is 0 Å². The Morgan fingerprint density at radius 2 is 1.89 bits per heavy atom. The van der Waals surface area contributed by atoms with Crippen LogP contribution in [-0.4, -0.2) is 63.4 Å². The summed E-state index contributed by atoms with van der Waals surface area (Å²) in [5.74, 6) is 0. The van der Waals surface area contributed by atoms with Crippen LogP contribution in [0.15, 0.2) is 0 Å². The molecule has 2 atom stereocenters. The zero-order valence-corrected chi connectivity index (χ0v) is 12.2. The van der Waals surface area contributed by atoms with Crippen LogP contribution in [0.1, 0.15) is 27.2 Å². The van der Waals surface area contributed by atoms with E-state index in [9.17, 15) is 5.11 Å². The van der Waals surface area contributed by atoms with Crippen LogP contribution in [0.25, 0.3) is 0 Å². The van der Waals surface area contributed by atoms with Gasteiger partial charge in [0.25, 0.3) is 0 Å². The van der Waals surface area contributed by atoms with E-state index in [1.807, 2.05) is 20.8 Å². The molecule has 18 heavy (non-hydrogen) atoms. The van der Waals surface area contributed by atoms with Crippen molar-refractivity contribution in [2.45, 2.75) is 38.8 Å². The van der Waals surface area contributed by atoms with Gasteiger partial charge in [0.1, 0.15) is 0 Å². The van der Waals surface area contributed by atoms with E-state index in [1.165, 1.54) is 0 Å². The molecule has 0 amide bonds. The van der Waals surface area contributed by atoms with Gasteiger partial charge in [-0.3, -0.25) is 0 Å². The fourth-order valence-corrected chi connectivity index (χ4v) is 1.87. The number of rotatable bonds is 12. The van der Waals surface area contributed by atoms with Crippen LogP contribution < -0.4 is 5.32 Å². The molecule has 0 aliphatic heterocycles. The molecule has 0 rings (SSSR count). The first-order chi connectivity index (χ1) is 8.58. The third-order valence-corrected chi connectivity index (χ3v) is 2.75. The Morgan fingerprint density at radius 1 is 1.22 bits per heavy atom. The lowest BCUT2D eigenvalue weighted by molar-refractivity contribution is -0.0150. The molecule has 2 N–H and O–H groups in total. The van der Waals surface area contributed by atoms with Gasteiger partial charge in [-0.2, -0.15) is 0 Å². The van der Waals surface area contributed by atoms with E-state index in [0.717, 1.165) is 13.0 Å². The predicted molar refractivity (Wildman–Crippen MR) is 71.9 cm³/mol. The predicted octanol–water partition coefficient (Wildman–Crippen LogP) is 0.805. The molecule has 0 saturated heterocycles. The lowest BCUT2D eigenvalue weighted by Crippen LogP contribution is -2.48. The minimum absolute atomic E-state index is 0.0900. The minimum atomic E-state index is -0.273. The van der Waals surface area contributed by atoms with Crippen LogP contribution in [0.4, 0.5) is 0 Å². The Kier molecular flexibility index (Phi) is 10.6. The number of likely N-dealkylation sites (N-methyl/N-ethyl adjacent to an activating group) is 1. The summed E-state index contributed by atoms with van der Waals surface area (Å²) in [5.41, 5.74) is -0.273. The number of nitrogens with one attached hydrogen (secondary N) is 1. The molecule has 110 valence electrons. The van der Waals surface area contributed by atoms with Crippen molar-refractivity contribution in [1.82, 2.24) is 5.32 Å². The Labute approximate surface area is 111 Å². The summed E-state index contributed by atoms with van der Waals surface area (Å²) in [6, 6.07) is 0. The van der Waals surface area contributed by atoms with Crippen LogP contribution in [0.3, 0.4) is 0 Å². The molecule has 0 aromatic rings. The number of hydrogen-bond acceptors (Lipinski definition) is 5. The first-order valence-corrected chi connectivity index (χ1v) is 6.62. The van der Waals surface area contributed by atoms with Crippen molar-refractivity contribution >= 4 is 0 Å². The molecule has 0 aliphatic carbocycles. The zero-order valence-electron chi connectivity index (χ0n) is 12.2. The quantitative estimate of drug-likeness (QED) is 0.510. The standard InChI is InChI=1S/C13H29NO4/c1-5-14-13(3,11-15)10-12(2)18-9-8-17-7-6-16-4/h12,14-15H,5-11H2,1-4H3. The second-order valence-corrected chi connectivity index (χ2v) is 4.74. The summed E-state index contributed by atoms with van der Waals surface area (Å²) in [7, 11) is 1.65. The van der Waals surface area contributed by atoms with E-state index in [4.69, 9.17) is 14.2 Å². The van der Waals surface area contributed by atoms with Crippen molar-refractivity contribution in [2.24, 2.45) is 0 Å². The molecule has 0 spiro atoms. The summed E-state index contributed by atoms with van der Waals surface area (Å²) in [6.45, 7) is 9.35. The maximum Gasteiger partial charge on any atom is 0.0704 e. The molecule has 0 saturated carbocycles. The van der Waals surface area contributed by atoms with E-state index in [0.29, 0.717) is 26.4 Å². The van der Waals surface area contributed by atoms with Gasteiger partial charge in [-0.15, -0.1) is 0 Å². The summed E-state index contributed by atoms with van der Waals surface area (Å²) in [6.07, 6.45) is 0.863. The highest BCUT2D eigenvalue weighted by Crippen LogP contribution is 2.13. The second-order valence-electron chi connectivity index (χ2n) is 4.74. The molecule has 0 aromatic heterocycles. The highest BCUT2D eigenvalue weighted by atomic mass is 16.5. The van der Waals surface area contributed by atoms with E-state index >= 15 is 0 Å². The summed E-state index contributed by atoms with van der Waals surface area (Å²) < 4.78 is 15.8. The molecule has 0 aromatic carbocycles. The third-order valence-electron chi connectivity index (χ3n) is 2.75. The van der Waals surface area contributed by atoms with Gasteiger partial charge in [0.05, 0.1) is 39.1 Å². The van der Waals surface area contributed by atoms with Gasteiger partial charge in [0.15, 0.2) is 0 Å². The fourth-order valence-electron chi connectivity index (χ4n) is 1.87. The highest BCUT2D eigenvalue weighted by molar-refractivity contribution is 4.83. The summed E-state index contributed by atoms with van der Waals surface area (Å²) in [5, 5.41) is 12.7. The molecule has 0 bridgehead atoms. The molecule has 5 heteroatoms. The topological polar surface area (TPSA) is 60.0 Å². The van der Waals surface area contributed by atoms with E-state index < -0.39 is 0 Å². The second kappa shape index (κ2) is 10.7. The molecule has 2 unspecified atom stereocenters. The van der Waals surface area contributed by atoms with Crippen LogP contribution in [-0.2, 0) is 14.2 Å². The molecule has 0 heterocycles. The zero-order chi connectivity index (χ0) is 13.9. The summed E-state index contributed by atoms with van der Waals surface area (Å²) >= 11 is 0. The van der Waals surface area contributed by atoms with Gasteiger partial charge in [0, 0.05) is 12.6 Å². The maximum atomic E-state index is 9.38. The van der Waals surface area contributed by atoms with Gasteiger partial charge >= 0.3 is 0 Å². The highest BCUT2D eigenvalue weighted by Gasteiger charge is 2.24. The van der Waals surface area contributed by atoms with Crippen LogP contribution in [0.2, 0.25) is 0 Å². The lowest BCUT2D eigenvalue weighted by atomic mass is 9.96. The Balaban J connectivity index is 3.65. The number of methoxy groups -OCH3 is 1. The average Bonchev–Trinajstić information content (AvgIpc) is 2.34. The molecule has 0 aliphatic rings. The van der Waals surface area contributed by atoms with Gasteiger partial charge in [-0.05, 0) is 26.8 Å². The molecule has 0 fully saturated rings. The average molecular weight is 263 g/mol. The van der Waals surface area contributed by atoms with Gasteiger partial charge < -0.3 is 24.6 Å². The van der Waals surface area contributed by atoms with Crippen molar-refractivity contribution in [2.75, 3.05) is 46.7 Å². The van der Waals surface area contributed by atoms with E-state index in [-0.39, 0.29) is 18.2 Å².